The van der Waals surface area contributed by atoms with Gasteiger partial charge in [-0.1, -0.05) is 54.6 Å². The van der Waals surface area contributed by atoms with Gasteiger partial charge in [-0.15, -0.1) is 0 Å². The molecule has 2 aromatic carbocycles. The van der Waals surface area contributed by atoms with Crippen LogP contribution < -0.4 is 0 Å². The fraction of sp³-hybridized carbons (Fsp3) is 0.0769. The maximum Gasteiger partial charge on any atom is 0.151 e. The zero-order valence-corrected chi connectivity index (χ0v) is 7.65. The number of alkyl halides is 1. The van der Waals surface area contributed by atoms with Crippen molar-refractivity contribution < 1.29 is 4.39 Å². The molecule has 0 aliphatic rings. The molecule has 0 aliphatic heterocycles. The number of rotatable bonds is 2. The second-order valence-electron chi connectivity index (χ2n) is 3.09. The van der Waals surface area contributed by atoms with Gasteiger partial charge in [-0.05, 0) is 17.2 Å². The highest BCUT2D eigenvalue weighted by Crippen LogP contribution is 2.24. The van der Waals surface area contributed by atoms with E-state index in [-0.39, 0.29) is 0 Å². The standard InChI is InChI=1S/C13H10F/c14-13(11-7-3-1-4-8-11)12-9-5-2-6-10-12/h1-9,13H. The van der Waals surface area contributed by atoms with Gasteiger partial charge in [0.2, 0.25) is 0 Å². The SMILES string of the molecule is FC(c1[c]cccc1)c1ccccc1. The Bertz CT molecular complexity index is 341. The Morgan fingerprint density at radius 2 is 1.64 bits per heavy atom. The van der Waals surface area contributed by atoms with E-state index in [1.165, 1.54) is 0 Å². The third kappa shape index (κ3) is 1.82. The molecule has 0 spiro atoms. The Kier molecular flexibility index (Phi) is 2.59. The molecule has 1 radical (unpaired) electrons. The quantitative estimate of drug-likeness (QED) is 0.671. The first-order valence-electron chi connectivity index (χ1n) is 4.53. The van der Waals surface area contributed by atoms with Crippen LogP contribution in [0.1, 0.15) is 17.3 Å². The fourth-order valence-corrected chi connectivity index (χ4v) is 1.37. The van der Waals surface area contributed by atoms with Crippen LogP contribution in [0.5, 0.6) is 0 Å². The summed E-state index contributed by atoms with van der Waals surface area (Å²) in [6, 6.07) is 19.1. The lowest BCUT2D eigenvalue weighted by molar-refractivity contribution is 0.401. The first-order valence-corrected chi connectivity index (χ1v) is 4.53. The maximum atomic E-state index is 13.8. The van der Waals surface area contributed by atoms with Crippen molar-refractivity contribution in [1.82, 2.24) is 0 Å². The van der Waals surface area contributed by atoms with Gasteiger partial charge in [0.05, 0.1) is 0 Å². The molecule has 14 heavy (non-hydrogen) atoms. The van der Waals surface area contributed by atoms with Crippen LogP contribution in [0.4, 0.5) is 4.39 Å². The molecule has 1 unspecified atom stereocenters. The lowest BCUT2D eigenvalue weighted by Crippen LogP contribution is -1.93. The molecule has 0 bridgehead atoms. The Morgan fingerprint density at radius 1 is 0.929 bits per heavy atom. The molecular formula is C13H10F. The third-order valence-electron chi connectivity index (χ3n) is 2.10. The first kappa shape index (κ1) is 8.95. The molecule has 0 aliphatic carbocycles. The van der Waals surface area contributed by atoms with Gasteiger partial charge in [-0.25, -0.2) is 4.39 Å². The van der Waals surface area contributed by atoms with Crippen LogP contribution >= 0.6 is 0 Å². The van der Waals surface area contributed by atoms with E-state index < -0.39 is 6.17 Å². The number of hydrogen-bond acceptors (Lipinski definition) is 0. The molecular weight excluding hydrogens is 175 g/mol. The summed E-state index contributed by atoms with van der Waals surface area (Å²) in [4.78, 5) is 0. The molecule has 2 rings (SSSR count). The summed E-state index contributed by atoms with van der Waals surface area (Å²) < 4.78 is 13.8. The maximum absolute atomic E-state index is 13.8. The first-order chi connectivity index (χ1) is 6.88. The largest absolute Gasteiger partial charge is 0.237 e. The summed E-state index contributed by atoms with van der Waals surface area (Å²) in [5.41, 5.74) is 1.26. The van der Waals surface area contributed by atoms with Crippen molar-refractivity contribution in [2.75, 3.05) is 0 Å². The van der Waals surface area contributed by atoms with E-state index in [9.17, 15) is 4.39 Å². The molecule has 1 atom stereocenters. The highest BCUT2D eigenvalue weighted by Gasteiger charge is 2.10. The van der Waals surface area contributed by atoms with Gasteiger partial charge in [0, 0.05) is 0 Å². The minimum Gasteiger partial charge on any atom is -0.237 e. The lowest BCUT2D eigenvalue weighted by Gasteiger charge is -2.07. The minimum atomic E-state index is -1.07. The van der Waals surface area contributed by atoms with Crippen molar-refractivity contribution in [2.24, 2.45) is 0 Å². The van der Waals surface area contributed by atoms with Crippen LogP contribution in [-0.2, 0) is 0 Å². The van der Waals surface area contributed by atoms with Crippen molar-refractivity contribution >= 4 is 0 Å². The summed E-state index contributed by atoms with van der Waals surface area (Å²) in [7, 11) is 0. The monoisotopic (exact) mass is 185 g/mol. The molecule has 0 N–H and O–H groups in total. The molecule has 0 heterocycles. The van der Waals surface area contributed by atoms with E-state index in [1.807, 2.05) is 30.3 Å². The van der Waals surface area contributed by atoms with Crippen LogP contribution in [0.3, 0.4) is 0 Å². The Labute approximate surface area is 83.0 Å². The van der Waals surface area contributed by atoms with Crippen molar-refractivity contribution in [1.29, 1.82) is 0 Å². The smallest absolute Gasteiger partial charge is 0.151 e. The molecule has 0 fully saturated rings. The van der Waals surface area contributed by atoms with E-state index >= 15 is 0 Å². The van der Waals surface area contributed by atoms with E-state index in [2.05, 4.69) is 6.07 Å². The molecule has 0 aromatic heterocycles. The van der Waals surface area contributed by atoms with Crippen molar-refractivity contribution in [2.45, 2.75) is 6.17 Å². The summed E-state index contributed by atoms with van der Waals surface area (Å²) in [5.74, 6) is 0. The van der Waals surface area contributed by atoms with Gasteiger partial charge in [-0.2, -0.15) is 0 Å². The van der Waals surface area contributed by atoms with Crippen LogP contribution in [0, 0.1) is 6.07 Å². The fourth-order valence-electron chi connectivity index (χ4n) is 1.37. The molecule has 0 saturated heterocycles. The van der Waals surface area contributed by atoms with Crippen LogP contribution in [0.2, 0.25) is 0 Å². The van der Waals surface area contributed by atoms with Crippen molar-refractivity contribution in [3.63, 3.8) is 0 Å². The summed E-state index contributed by atoms with van der Waals surface area (Å²) in [6.45, 7) is 0. The Morgan fingerprint density at radius 3 is 2.29 bits per heavy atom. The second kappa shape index (κ2) is 4.05. The highest BCUT2D eigenvalue weighted by atomic mass is 19.1. The number of halogens is 1. The van der Waals surface area contributed by atoms with Gasteiger partial charge < -0.3 is 0 Å². The normalized spacial score (nSPS) is 10.4. The zero-order valence-electron chi connectivity index (χ0n) is 7.65. The zero-order chi connectivity index (χ0) is 9.80. The predicted octanol–water partition coefficient (Wildman–Crippen LogP) is 3.55. The molecule has 0 nitrogen and oxygen atoms in total. The van der Waals surface area contributed by atoms with Gasteiger partial charge >= 0.3 is 0 Å². The van der Waals surface area contributed by atoms with E-state index in [1.54, 1.807) is 24.3 Å². The molecule has 0 saturated carbocycles. The number of benzene rings is 2. The predicted molar refractivity (Wildman–Crippen MR) is 54.7 cm³/mol. The van der Waals surface area contributed by atoms with E-state index in [4.69, 9.17) is 0 Å². The molecule has 0 amide bonds. The Balaban J connectivity index is 2.30. The molecule has 1 heteroatoms. The average molecular weight is 185 g/mol. The summed E-state index contributed by atoms with van der Waals surface area (Å²) >= 11 is 0. The lowest BCUT2D eigenvalue weighted by atomic mass is 10.0. The van der Waals surface area contributed by atoms with Crippen molar-refractivity contribution in [3.8, 4) is 0 Å². The van der Waals surface area contributed by atoms with E-state index in [0.29, 0.717) is 11.1 Å². The van der Waals surface area contributed by atoms with Crippen LogP contribution in [-0.4, -0.2) is 0 Å². The van der Waals surface area contributed by atoms with Crippen LogP contribution in [0.25, 0.3) is 0 Å². The average Bonchev–Trinajstić information content (AvgIpc) is 2.30. The summed E-state index contributed by atoms with van der Waals surface area (Å²) in [5, 5.41) is 0. The van der Waals surface area contributed by atoms with Gasteiger partial charge in [0.15, 0.2) is 6.17 Å². The van der Waals surface area contributed by atoms with Gasteiger partial charge in [0.25, 0.3) is 0 Å². The minimum absolute atomic E-state index is 0.582. The summed E-state index contributed by atoms with van der Waals surface area (Å²) in [6.07, 6.45) is -1.07. The number of hydrogen-bond donors (Lipinski definition) is 0. The van der Waals surface area contributed by atoms with Crippen LogP contribution in [0.15, 0.2) is 54.6 Å². The third-order valence-corrected chi connectivity index (χ3v) is 2.10. The Hall–Kier alpha value is -1.63. The van der Waals surface area contributed by atoms with E-state index in [0.717, 1.165) is 0 Å². The highest BCUT2D eigenvalue weighted by molar-refractivity contribution is 5.28. The molecule has 2 aromatic rings. The topological polar surface area (TPSA) is 0 Å². The van der Waals surface area contributed by atoms with Gasteiger partial charge in [-0.3, -0.25) is 0 Å². The van der Waals surface area contributed by atoms with Gasteiger partial charge in [0.1, 0.15) is 0 Å². The second-order valence-corrected chi connectivity index (χ2v) is 3.09. The molecule has 69 valence electrons. The van der Waals surface area contributed by atoms with Crippen molar-refractivity contribution in [3.05, 3.63) is 71.8 Å².